The van der Waals surface area contributed by atoms with E-state index in [9.17, 15) is 5.11 Å². The Morgan fingerprint density at radius 3 is 2.28 bits per heavy atom. The van der Waals surface area contributed by atoms with Crippen molar-refractivity contribution in [1.82, 2.24) is 9.78 Å². The summed E-state index contributed by atoms with van der Waals surface area (Å²) in [5, 5.41) is 14.9. The van der Waals surface area contributed by atoms with Gasteiger partial charge in [-0.25, -0.2) is 4.68 Å². The van der Waals surface area contributed by atoms with Crippen LogP contribution in [0.4, 0.5) is 0 Å². The molecule has 1 heterocycles. The smallest absolute Gasteiger partial charge is 0.122 e. The van der Waals surface area contributed by atoms with Gasteiger partial charge >= 0.3 is 0 Å². The van der Waals surface area contributed by atoms with Gasteiger partial charge in [0.15, 0.2) is 0 Å². The van der Waals surface area contributed by atoms with E-state index < -0.39 is 0 Å². The zero-order chi connectivity index (χ0) is 20.1. The first-order valence-corrected chi connectivity index (χ1v) is 9.59. The second-order valence-electron chi connectivity index (χ2n) is 6.56. The molecule has 0 radical (unpaired) electrons. The van der Waals surface area contributed by atoms with Crippen molar-refractivity contribution < 1.29 is 9.84 Å². The number of phenols is 1. The highest BCUT2D eigenvalue weighted by molar-refractivity contribution is 5.80. The summed E-state index contributed by atoms with van der Waals surface area (Å²) in [6.07, 6.45) is 5.88. The minimum absolute atomic E-state index is 0.252. The van der Waals surface area contributed by atoms with Crippen molar-refractivity contribution >= 4 is 12.2 Å². The summed E-state index contributed by atoms with van der Waals surface area (Å²) in [5.41, 5.74) is 4.57. The van der Waals surface area contributed by atoms with Crippen molar-refractivity contribution in [1.29, 1.82) is 0 Å². The highest BCUT2D eigenvalue weighted by Crippen LogP contribution is 2.28. The summed E-state index contributed by atoms with van der Waals surface area (Å²) in [6.45, 7) is 2.61. The summed E-state index contributed by atoms with van der Waals surface area (Å²) in [4.78, 5) is 0. The molecule has 0 aliphatic heterocycles. The van der Waals surface area contributed by atoms with Gasteiger partial charge in [-0.1, -0.05) is 48.6 Å². The largest absolute Gasteiger partial charge is 0.507 e. The van der Waals surface area contributed by atoms with E-state index in [1.165, 1.54) is 0 Å². The highest BCUT2D eigenvalue weighted by Gasteiger charge is 2.11. The summed E-state index contributed by atoms with van der Waals surface area (Å²) in [7, 11) is 0. The van der Waals surface area contributed by atoms with Crippen LogP contribution in [-0.2, 0) is 0 Å². The van der Waals surface area contributed by atoms with Crippen LogP contribution in [-0.4, -0.2) is 21.5 Å². The van der Waals surface area contributed by atoms with Crippen molar-refractivity contribution in [2.24, 2.45) is 0 Å². The van der Waals surface area contributed by atoms with Crippen LogP contribution in [0.15, 0.2) is 85.1 Å². The van der Waals surface area contributed by atoms with Gasteiger partial charge in [0, 0.05) is 22.9 Å². The van der Waals surface area contributed by atoms with Crippen LogP contribution in [0.5, 0.6) is 11.5 Å². The van der Waals surface area contributed by atoms with Gasteiger partial charge in [0.25, 0.3) is 0 Å². The normalized spacial score (nSPS) is 11.1. The average Bonchev–Trinajstić information content (AvgIpc) is 3.19. The van der Waals surface area contributed by atoms with Gasteiger partial charge in [0.05, 0.1) is 18.0 Å². The number of hydrogen-bond acceptors (Lipinski definition) is 3. The van der Waals surface area contributed by atoms with Crippen molar-refractivity contribution in [3.63, 3.8) is 0 Å². The molecule has 0 unspecified atom stereocenters. The van der Waals surface area contributed by atoms with Gasteiger partial charge in [-0.3, -0.25) is 0 Å². The molecule has 0 saturated carbocycles. The minimum Gasteiger partial charge on any atom is -0.507 e. The van der Waals surface area contributed by atoms with Crippen molar-refractivity contribution in [2.75, 3.05) is 6.61 Å². The highest BCUT2D eigenvalue weighted by atomic mass is 16.5. The third kappa shape index (κ3) is 4.22. The molecule has 3 aromatic carbocycles. The zero-order valence-electron chi connectivity index (χ0n) is 16.2. The average molecular weight is 382 g/mol. The number of aromatic nitrogens is 2. The fraction of sp³-hybridized carbons (Fsp3) is 0.0800. The first kappa shape index (κ1) is 18.6. The number of para-hydroxylation sites is 2. The lowest BCUT2D eigenvalue weighted by Gasteiger charge is -2.04. The van der Waals surface area contributed by atoms with Crippen molar-refractivity contribution in [3.8, 4) is 28.4 Å². The van der Waals surface area contributed by atoms with E-state index in [0.29, 0.717) is 6.61 Å². The molecule has 0 bridgehead atoms. The first-order chi connectivity index (χ1) is 14.2. The number of hydrogen-bond donors (Lipinski definition) is 1. The Labute approximate surface area is 170 Å². The molecule has 4 nitrogen and oxygen atoms in total. The third-order valence-corrected chi connectivity index (χ3v) is 4.58. The molecule has 0 aliphatic rings. The molecule has 0 fully saturated rings. The van der Waals surface area contributed by atoms with E-state index in [0.717, 1.165) is 33.8 Å². The van der Waals surface area contributed by atoms with Gasteiger partial charge in [0.1, 0.15) is 11.5 Å². The van der Waals surface area contributed by atoms with E-state index in [4.69, 9.17) is 9.84 Å². The first-order valence-electron chi connectivity index (χ1n) is 9.59. The van der Waals surface area contributed by atoms with E-state index >= 15 is 0 Å². The van der Waals surface area contributed by atoms with Crippen molar-refractivity contribution in [2.45, 2.75) is 6.92 Å². The summed E-state index contributed by atoms with van der Waals surface area (Å²) in [6, 6.07) is 25.2. The molecule has 0 amide bonds. The van der Waals surface area contributed by atoms with Crippen LogP contribution in [0, 0.1) is 0 Å². The summed E-state index contributed by atoms with van der Waals surface area (Å²) >= 11 is 0. The molecule has 1 aromatic heterocycles. The zero-order valence-corrected chi connectivity index (χ0v) is 16.2. The van der Waals surface area contributed by atoms with E-state index in [1.807, 2.05) is 103 Å². The lowest BCUT2D eigenvalue weighted by atomic mass is 10.1. The number of ether oxygens (including phenoxy) is 1. The second kappa shape index (κ2) is 8.48. The van der Waals surface area contributed by atoms with E-state index in [1.54, 1.807) is 6.07 Å². The van der Waals surface area contributed by atoms with Gasteiger partial charge in [-0.05, 0) is 49.4 Å². The number of benzene rings is 3. The molecule has 29 heavy (non-hydrogen) atoms. The van der Waals surface area contributed by atoms with Crippen LogP contribution in [0.2, 0.25) is 0 Å². The quantitative estimate of drug-likeness (QED) is 0.457. The number of rotatable bonds is 6. The molecule has 0 spiro atoms. The Morgan fingerprint density at radius 1 is 0.862 bits per heavy atom. The van der Waals surface area contributed by atoms with E-state index in [2.05, 4.69) is 0 Å². The fourth-order valence-electron chi connectivity index (χ4n) is 3.13. The molecule has 0 atom stereocenters. The van der Waals surface area contributed by atoms with Gasteiger partial charge in [0.2, 0.25) is 0 Å². The molecule has 0 saturated heterocycles. The second-order valence-corrected chi connectivity index (χ2v) is 6.56. The van der Waals surface area contributed by atoms with E-state index in [-0.39, 0.29) is 5.75 Å². The summed E-state index contributed by atoms with van der Waals surface area (Å²) in [5.74, 6) is 1.09. The predicted molar refractivity (Wildman–Crippen MR) is 117 cm³/mol. The van der Waals surface area contributed by atoms with Gasteiger partial charge in [-0.15, -0.1) is 0 Å². The van der Waals surface area contributed by atoms with Crippen LogP contribution in [0.25, 0.3) is 29.1 Å². The molecule has 4 heteroatoms. The Hall–Kier alpha value is -3.79. The van der Waals surface area contributed by atoms with Crippen LogP contribution in [0.1, 0.15) is 18.1 Å². The molecular formula is C25H22N2O2. The monoisotopic (exact) mass is 382 g/mol. The van der Waals surface area contributed by atoms with Crippen molar-refractivity contribution in [3.05, 3.63) is 96.2 Å². The predicted octanol–water partition coefficient (Wildman–Crippen LogP) is 5.81. The number of phenolic OH excluding ortho intramolecular Hbond substituents is 1. The molecular weight excluding hydrogens is 360 g/mol. The maximum Gasteiger partial charge on any atom is 0.122 e. The maximum atomic E-state index is 10.1. The summed E-state index contributed by atoms with van der Waals surface area (Å²) < 4.78 is 7.42. The lowest BCUT2D eigenvalue weighted by Crippen LogP contribution is -1.94. The van der Waals surface area contributed by atoms with Gasteiger partial charge in [-0.2, -0.15) is 5.10 Å². The third-order valence-electron chi connectivity index (χ3n) is 4.58. The maximum absolute atomic E-state index is 10.1. The molecule has 1 N–H and O–H groups in total. The standard InChI is InChI=1S/C25H22N2O2/c1-2-29-23-16-14-20(15-17-23)25-21(13-12-19-8-6-7-11-24(19)28)18-27(26-25)22-9-4-3-5-10-22/h3-18,28H,2H2,1H3/b13-12+. The molecule has 144 valence electrons. The number of aromatic hydroxyl groups is 1. The fourth-order valence-corrected chi connectivity index (χ4v) is 3.13. The molecule has 4 rings (SSSR count). The Kier molecular flexibility index (Phi) is 5.43. The Balaban J connectivity index is 1.76. The van der Waals surface area contributed by atoms with Crippen LogP contribution in [0.3, 0.4) is 0 Å². The van der Waals surface area contributed by atoms with Crippen LogP contribution < -0.4 is 4.74 Å². The van der Waals surface area contributed by atoms with Crippen LogP contribution >= 0.6 is 0 Å². The molecule has 0 aliphatic carbocycles. The SMILES string of the molecule is CCOc1ccc(-c2nn(-c3ccccc3)cc2/C=C/c2ccccc2O)cc1. The lowest BCUT2D eigenvalue weighted by molar-refractivity contribution is 0.340. The molecule has 4 aromatic rings. The number of nitrogens with zero attached hydrogens (tertiary/aromatic N) is 2. The van der Waals surface area contributed by atoms with Gasteiger partial charge < -0.3 is 9.84 Å². The Bertz CT molecular complexity index is 1110. The topological polar surface area (TPSA) is 47.3 Å². The minimum atomic E-state index is 0.252. The Morgan fingerprint density at radius 2 is 1.55 bits per heavy atom.